The molecule has 1 aliphatic rings. The number of amides is 1. The summed E-state index contributed by atoms with van der Waals surface area (Å²) in [4.78, 5) is 24.7. The van der Waals surface area contributed by atoms with Crippen molar-refractivity contribution in [3.05, 3.63) is 29.8 Å². The molecule has 0 bridgehead atoms. The smallest absolute Gasteiger partial charge is 0.410 e. The molecule has 0 aliphatic carbocycles. The molecule has 2 unspecified atom stereocenters. The van der Waals surface area contributed by atoms with Crippen molar-refractivity contribution >= 4 is 22.5 Å². The van der Waals surface area contributed by atoms with Gasteiger partial charge in [-0.2, -0.15) is 8.42 Å². The number of rotatable bonds is 4. The first-order valence-corrected chi connectivity index (χ1v) is 9.37. The van der Waals surface area contributed by atoms with Gasteiger partial charge in [0, 0.05) is 6.42 Å². The Morgan fingerprint density at radius 3 is 2.36 bits per heavy atom. The molecule has 1 aromatic carbocycles. The highest BCUT2D eigenvalue weighted by molar-refractivity contribution is 7.86. The number of likely N-dealkylation sites (tertiary alicyclic amines) is 1. The van der Waals surface area contributed by atoms with Gasteiger partial charge in [0.05, 0.1) is 23.6 Å². The number of hydrogen-bond acceptors (Lipinski definition) is 6. The fourth-order valence-electron chi connectivity index (χ4n) is 2.49. The molecule has 2 rings (SSSR count). The van der Waals surface area contributed by atoms with Gasteiger partial charge in [-0.05, 0) is 39.8 Å². The summed E-state index contributed by atoms with van der Waals surface area (Å²) in [5, 5.41) is 0. The zero-order valence-electron chi connectivity index (χ0n) is 14.8. The van der Waals surface area contributed by atoms with Crippen molar-refractivity contribution in [1.82, 2.24) is 4.90 Å². The maximum Gasteiger partial charge on any atom is 0.410 e. The van der Waals surface area contributed by atoms with Crippen LogP contribution in [0.2, 0.25) is 0 Å². The second kappa shape index (κ2) is 7.13. The molecule has 7 nitrogen and oxygen atoms in total. The number of benzene rings is 1. The molecule has 1 aromatic rings. The normalized spacial score (nSPS) is 21.2. The summed E-state index contributed by atoms with van der Waals surface area (Å²) in [6.45, 7) is 6.97. The van der Waals surface area contributed by atoms with Gasteiger partial charge in [0.2, 0.25) is 0 Å². The van der Waals surface area contributed by atoms with E-state index in [2.05, 4.69) is 0 Å². The third-order valence-electron chi connectivity index (χ3n) is 3.66. The SMILES string of the molecule is Cc1ccc(S(=O)(=O)OC2CC(C=O)N(C(=O)OC(C)(C)C)C2)cc1. The predicted octanol–water partition coefficient (Wildman–Crippen LogP) is 2.28. The van der Waals surface area contributed by atoms with Crippen molar-refractivity contribution in [1.29, 1.82) is 0 Å². The molecule has 1 heterocycles. The molecule has 0 saturated carbocycles. The lowest BCUT2D eigenvalue weighted by molar-refractivity contribution is -0.111. The van der Waals surface area contributed by atoms with Crippen LogP contribution in [0.3, 0.4) is 0 Å². The minimum atomic E-state index is -3.97. The Kier molecular flexibility index (Phi) is 5.53. The van der Waals surface area contributed by atoms with E-state index in [4.69, 9.17) is 8.92 Å². The van der Waals surface area contributed by atoms with Crippen molar-refractivity contribution in [3.8, 4) is 0 Å². The first-order valence-electron chi connectivity index (χ1n) is 7.97. The number of nitrogens with zero attached hydrogens (tertiary/aromatic N) is 1. The second-order valence-corrected chi connectivity index (χ2v) is 8.63. The van der Waals surface area contributed by atoms with E-state index in [0.29, 0.717) is 6.29 Å². The van der Waals surface area contributed by atoms with Crippen LogP contribution in [0, 0.1) is 6.92 Å². The van der Waals surface area contributed by atoms with Crippen LogP contribution in [0.25, 0.3) is 0 Å². The fourth-order valence-corrected chi connectivity index (χ4v) is 3.57. The van der Waals surface area contributed by atoms with Gasteiger partial charge in [-0.3, -0.25) is 9.08 Å². The maximum absolute atomic E-state index is 12.4. The standard InChI is InChI=1S/C17H23NO6S/c1-12-5-7-15(8-6-12)25(21,22)24-14-9-13(11-19)18(10-14)16(20)23-17(2,3)4/h5-8,11,13-14H,9-10H2,1-4H3. The number of carbonyl (C=O) groups is 2. The van der Waals surface area contributed by atoms with Crippen molar-refractivity contribution in [3.63, 3.8) is 0 Å². The molecular weight excluding hydrogens is 346 g/mol. The van der Waals surface area contributed by atoms with Gasteiger partial charge in [0.15, 0.2) is 0 Å². The Hall–Kier alpha value is -1.93. The van der Waals surface area contributed by atoms with Gasteiger partial charge >= 0.3 is 6.09 Å². The quantitative estimate of drug-likeness (QED) is 0.597. The van der Waals surface area contributed by atoms with Gasteiger partial charge in [-0.1, -0.05) is 17.7 Å². The molecule has 0 spiro atoms. The molecule has 1 fully saturated rings. The maximum atomic E-state index is 12.4. The zero-order chi connectivity index (χ0) is 18.8. The van der Waals surface area contributed by atoms with Crippen molar-refractivity contribution in [2.24, 2.45) is 0 Å². The fraction of sp³-hybridized carbons (Fsp3) is 0.529. The van der Waals surface area contributed by atoms with Crippen LogP contribution in [0.1, 0.15) is 32.8 Å². The average molecular weight is 369 g/mol. The lowest BCUT2D eigenvalue weighted by Gasteiger charge is -2.26. The van der Waals surface area contributed by atoms with Gasteiger partial charge in [-0.15, -0.1) is 0 Å². The highest BCUT2D eigenvalue weighted by Crippen LogP contribution is 2.25. The molecule has 0 aromatic heterocycles. The third-order valence-corrected chi connectivity index (χ3v) is 5.04. The topological polar surface area (TPSA) is 90.0 Å². The first-order chi connectivity index (χ1) is 11.5. The van der Waals surface area contributed by atoms with E-state index in [9.17, 15) is 18.0 Å². The molecule has 138 valence electrons. The van der Waals surface area contributed by atoms with E-state index in [1.807, 2.05) is 6.92 Å². The largest absolute Gasteiger partial charge is 0.444 e. The Bertz CT molecular complexity index is 735. The molecular formula is C17H23NO6S. The summed E-state index contributed by atoms with van der Waals surface area (Å²) in [5.41, 5.74) is 0.217. The van der Waals surface area contributed by atoms with Crippen LogP contribution in [-0.2, 0) is 23.8 Å². The minimum Gasteiger partial charge on any atom is -0.444 e. The summed E-state index contributed by atoms with van der Waals surface area (Å²) in [5.74, 6) is 0. The van der Waals surface area contributed by atoms with Crippen LogP contribution >= 0.6 is 0 Å². The van der Waals surface area contributed by atoms with E-state index in [1.165, 1.54) is 17.0 Å². The molecule has 1 amide bonds. The van der Waals surface area contributed by atoms with E-state index in [0.717, 1.165) is 5.56 Å². The Balaban J connectivity index is 2.10. The predicted molar refractivity (Wildman–Crippen MR) is 90.6 cm³/mol. The summed E-state index contributed by atoms with van der Waals surface area (Å²) in [6.07, 6.45) is -0.753. The number of aryl methyl sites for hydroxylation is 1. The monoisotopic (exact) mass is 369 g/mol. The molecule has 1 aliphatic heterocycles. The van der Waals surface area contributed by atoms with Crippen LogP contribution in [-0.4, -0.2) is 50.0 Å². The summed E-state index contributed by atoms with van der Waals surface area (Å²) in [7, 11) is -3.97. The lowest BCUT2D eigenvalue weighted by Crippen LogP contribution is -2.40. The van der Waals surface area contributed by atoms with E-state index >= 15 is 0 Å². The van der Waals surface area contributed by atoms with Gasteiger partial charge in [0.1, 0.15) is 11.9 Å². The lowest BCUT2D eigenvalue weighted by atomic mass is 10.2. The average Bonchev–Trinajstić information content (AvgIpc) is 2.88. The van der Waals surface area contributed by atoms with Gasteiger partial charge in [-0.25, -0.2) is 4.79 Å². The summed E-state index contributed by atoms with van der Waals surface area (Å²) < 4.78 is 35.2. The van der Waals surface area contributed by atoms with Crippen LogP contribution in [0.15, 0.2) is 29.2 Å². The van der Waals surface area contributed by atoms with E-state index in [1.54, 1.807) is 32.9 Å². The third kappa shape index (κ3) is 5.02. The Morgan fingerprint density at radius 1 is 1.24 bits per heavy atom. The highest BCUT2D eigenvalue weighted by Gasteiger charge is 2.40. The zero-order valence-corrected chi connectivity index (χ0v) is 15.6. The molecule has 1 saturated heterocycles. The van der Waals surface area contributed by atoms with Crippen LogP contribution in [0.5, 0.6) is 0 Å². The molecule has 25 heavy (non-hydrogen) atoms. The van der Waals surface area contributed by atoms with E-state index < -0.39 is 34.0 Å². The molecule has 2 atom stereocenters. The molecule has 8 heteroatoms. The van der Waals surface area contributed by atoms with Crippen molar-refractivity contribution < 1.29 is 26.9 Å². The number of hydrogen-bond donors (Lipinski definition) is 0. The minimum absolute atomic E-state index is 0.0244. The van der Waals surface area contributed by atoms with Crippen molar-refractivity contribution in [2.75, 3.05) is 6.54 Å². The number of aldehydes is 1. The number of carbonyl (C=O) groups excluding carboxylic acids is 2. The molecule has 0 radical (unpaired) electrons. The molecule has 0 N–H and O–H groups in total. The summed E-state index contributed by atoms with van der Waals surface area (Å²) >= 11 is 0. The van der Waals surface area contributed by atoms with Gasteiger partial charge in [0.25, 0.3) is 10.1 Å². The Labute approximate surface area is 148 Å². The highest BCUT2D eigenvalue weighted by atomic mass is 32.2. The van der Waals surface area contributed by atoms with Crippen LogP contribution in [0.4, 0.5) is 4.79 Å². The van der Waals surface area contributed by atoms with E-state index in [-0.39, 0.29) is 17.9 Å². The summed E-state index contributed by atoms with van der Waals surface area (Å²) in [6, 6.07) is 5.50. The van der Waals surface area contributed by atoms with Gasteiger partial charge < -0.3 is 9.53 Å². The Morgan fingerprint density at radius 2 is 1.84 bits per heavy atom. The number of ether oxygens (including phenoxy) is 1. The first kappa shape index (κ1) is 19.4. The van der Waals surface area contributed by atoms with Crippen LogP contribution < -0.4 is 0 Å². The second-order valence-electron chi connectivity index (χ2n) is 7.06. The van der Waals surface area contributed by atoms with Crippen molar-refractivity contribution in [2.45, 2.75) is 56.8 Å².